The van der Waals surface area contributed by atoms with Crippen molar-refractivity contribution in [3.63, 3.8) is 0 Å². The highest BCUT2D eigenvalue weighted by Gasteiger charge is 2.32. The molecule has 87 heavy (non-hydrogen) atoms. The smallest absolute Gasteiger partial charge is 0.339 e. The van der Waals surface area contributed by atoms with Crippen molar-refractivity contribution in [2.75, 3.05) is 52.9 Å². The Labute approximate surface area is 496 Å². The Morgan fingerprint density at radius 2 is 0.621 bits per heavy atom. The van der Waals surface area contributed by atoms with Crippen molar-refractivity contribution in [3.8, 4) is 11.5 Å². The van der Waals surface area contributed by atoms with Gasteiger partial charge in [-0.2, -0.15) is 0 Å². The van der Waals surface area contributed by atoms with Crippen molar-refractivity contribution >= 4 is 71.6 Å². The van der Waals surface area contributed by atoms with Crippen LogP contribution in [-0.4, -0.2) is 157 Å². The summed E-state index contributed by atoms with van der Waals surface area (Å²) in [5.74, 6) is -15.5. The van der Waals surface area contributed by atoms with Crippen LogP contribution in [0.3, 0.4) is 0 Å². The van der Waals surface area contributed by atoms with Crippen LogP contribution in [0.15, 0.2) is 121 Å². The van der Waals surface area contributed by atoms with Gasteiger partial charge in [0.15, 0.2) is 12.2 Å². The molecule has 26 heteroatoms. The third kappa shape index (κ3) is 19.6. The fraction of sp³-hybridized carbons (Fsp3) is 0.279. The largest absolute Gasteiger partial charge is 0.490 e. The Hall–Kier alpha value is -10.9. The highest BCUT2D eigenvalue weighted by atomic mass is 16.6. The van der Waals surface area contributed by atoms with Gasteiger partial charge in [0.2, 0.25) is 0 Å². The van der Waals surface area contributed by atoms with Gasteiger partial charge in [0.25, 0.3) is 0 Å². The van der Waals surface area contributed by atoms with Crippen molar-refractivity contribution in [1.29, 1.82) is 0 Å². The number of esters is 8. The van der Waals surface area contributed by atoms with Crippen LogP contribution in [0.1, 0.15) is 136 Å². The Balaban J connectivity index is 1.52. The molecule has 0 aliphatic heterocycles. The predicted octanol–water partition coefficient (Wildman–Crippen LogP) is 6.80. The maximum Gasteiger partial charge on any atom is 0.339 e. The topological polar surface area (TPSA) is 378 Å². The van der Waals surface area contributed by atoms with E-state index in [0.29, 0.717) is 24.3 Å². The molecule has 0 aliphatic carbocycles. The maximum atomic E-state index is 13.7. The SMILES string of the molecule is C=C(C)C(=O)OCCOC(=O)c1cc(C(=O)OC(COC(=O)C(=C)C)COc2ccc(C(C)(C)c3ccc(OCC(COC(=O)C(=C)C)OC(=O)c4cc(C(=O)OCCOC(=O)C(=C)C)c(C(=O)O)cc4C(=O)O)cc3)cc2)c(C(=O)O)cc1C(=O)O. The van der Waals surface area contributed by atoms with E-state index in [4.69, 9.17) is 47.4 Å². The average Bonchev–Trinajstić information content (AvgIpc) is 2.31. The zero-order chi connectivity index (χ0) is 65.0. The van der Waals surface area contributed by atoms with Crippen molar-refractivity contribution in [2.45, 2.75) is 59.2 Å². The molecule has 4 aromatic rings. The maximum absolute atomic E-state index is 13.7. The lowest BCUT2D eigenvalue weighted by atomic mass is 9.78. The highest BCUT2D eigenvalue weighted by molar-refractivity contribution is 6.11. The van der Waals surface area contributed by atoms with Crippen LogP contribution >= 0.6 is 0 Å². The van der Waals surface area contributed by atoms with Crippen LogP contribution in [0, 0.1) is 0 Å². The van der Waals surface area contributed by atoms with E-state index in [2.05, 4.69) is 26.3 Å². The minimum Gasteiger partial charge on any atom is -0.490 e. The molecule has 2 unspecified atom stereocenters. The first kappa shape index (κ1) is 68.6. The van der Waals surface area contributed by atoms with Gasteiger partial charge in [0.1, 0.15) is 64.4 Å². The van der Waals surface area contributed by atoms with E-state index in [1.165, 1.54) is 27.7 Å². The summed E-state index contributed by atoms with van der Waals surface area (Å²) in [6.07, 6.45) is -2.92. The van der Waals surface area contributed by atoms with Gasteiger partial charge >= 0.3 is 71.6 Å². The zero-order valence-electron chi connectivity index (χ0n) is 47.8. The van der Waals surface area contributed by atoms with Gasteiger partial charge in [-0.25, -0.2) is 57.5 Å². The number of ether oxygens (including phenoxy) is 10. The molecule has 0 aromatic heterocycles. The van der Waals surface area contributed by atoms with E-state index in [-0.39, 0.29) is 33.8 Å². The van der Waals surface area contributed by atoms with E-state index in [1.807, 2.05) is 13.8 Å². The first-order valence-electron chi connectivity index (χ1n) is 25.7. The first-order valence-corrected chi connectivity index (χ1v) is 25.7. The van der Waals surface area contributed by atoms with Gasteiger partial charge in [0, 0.05) is 27.7 Å². The first-order chi connectivity index (χ1) is 40.8. The number of benzene rings is 4. The third-order valence-corrected chi connectivity index (χ3v) is 12.0. The normalized spacial score (nSPS) is 11.4. The Kier molecular flexibility index (Phi) is 24.5. The lowest BCUT2D eigenvalue weighted by Gasteiger charge is -2.27. The summed E-state index contributed by atoms with van der Waals surface area (Å²) in [6, 6.07) is 15.5. The van der Waals surface area contributed by atoms with Gasteiger partial charge < -0.3 is 67.8 Å². The highest BCUT2D eigenvalue weighted by Crippen LogP contribution is 2.34. The molecule has 0 heterocycles. The quantitative estimate of drug-likeness (QED) is 0.0169. The van der Waals surface area contributed by atoms with E-state index in [0.717, 1.165) is 11.1 Å². The van der Waals surface area contributed by atoms with Crippen molar-refractivity contribution in [2.24, 2.45) is 0 Å². The van der Waals surface area contributed by atoms with Crippen LogP contribution in [0.2, 0.25) is 0 Å². The number of carboxylic acid groups (broad SMARTS) is 4. The number of hydrogen-bond donors (Lipinski definition) is 4. The van der Waals surface area contributed by atoms with E-state index in [1.54, 1.807) is 48.5 Å². The van der Waals surface area contributed by atoms with Gasteiger partial charge in [-0.15, -0.1) is 0 Å². The Morgan fingerprint density at radius 1 is 0.368 bits per heavy atom. The van der Waals surface area contributed by atoms with E-state index >= 15 is 0 Å². The minimum atomic E-state index is -1.78. The van der Waals surface area contributed by atoms with Gasteiger partial charge in [-0.1, -0.05) is 64.4 Å². The molecular weight excluding hydrogens is 1150 g/mol. The van der Waals surface area contributed by atoms with Gasteiger partial charge in [0.05, 0.1) is 44.5 Å². The predicted molar refractivity (Wildman–Crippen MR) is 299 cm³/mol. The minimum absolute atomic E-state index is 0.0228. The number of carbonyl (C=O) groups excluding carboxylic acids is 8. The zero-order valence-corrected chi connectivity index (χ0v) is 47.8. The van der Waals surface area contributed by atoms with Crippen LogP contribution in [0.25, 0.3) is 0 Å². The molecule has 0 bridgehead atoms. The van der Waals surface area contributed by atoms with Crippen LogP contribution < -0.4 is 9.47 Å². The molecule has 0 spiro atoms. The molecule has 0 aliphatic rings. The van der Waals surface area contributed by atoms with E-state index in [9.17, 15) is 78.0 Å². The molecule has 4 N–H and O–H groups in total. The Bertz CT molecular complexity index is 3200. The molecule has 26 nitrogen and oxygen atoms in total. The summed E-state index contributed by atoms with van der Waals surface area (Å²) in [4.78, 5) is 151. The number of rotatable bonds is 32. The second-order valence-corrected chi connectivity index (χ2v) is 19.3. The van der Waals surface area contributed by atoms with Gasteiger partial charge in [-0.3, -0.25) is 0 Å². The fourth-order valence-electron chi connectivity index (χ4n) is 7.25. The number of carbonyl (C=O) groups is 12. The average molecular weight is 1210 g/mol. The summed E-state index contributed by atoms with van der Waals surface area (Å²) in [7, 11) is 0. The van der Waals surface area contributed by atoms with Crippen LogP contribution in [0.5, 0.6) is 11.5 Å². The van der Waals surface area contributed by atoms with Crippen LogP contribution in [0.4, 0.5) is 0 Å². The molecular formula is C61H60O26. The molecule has 0 saturated carbocycles. The van der Waals surface area contributed by atoms with Gasteiger partial charge in [-0.05, 0) is 87.4 Å². The molecule has 0 fully saturated rings. The molecule has 0 radical (unpaired) electrons. The summed E-state index contributed by atoms with van der Waals surface area (Å²) in [5, 5.41) is 39.6. The number of hydrogen-bond acceptors (Lipinski definition) is 22. The summed E-state index contributed by atoms with van der Waals surface area (Å²) >= 11 is 0. The second-order valence-electron chi connectivity index (χ2n) is 19.3. The van der Waals surface area contributed by atoms with Crippen molar-refractivity contribution in [3.05, 3.63) is 177 Å². The Morgan fingerprint density at radius 3 is 0.897 bits per heavy atom. The monoisotopic (exact) mass is 1210 g/mol. The lowest BCUT2D eigenvalue weighted by molar-refractivity contribution is -0.143. The fourth-order valence-corrected chi connectivity index (χ4v) is 7.25. The molecule has 460 valence electrons. The molecule has 2 atom stereocenters. The molecule has 4 rings (SSSR count). The summed E-state index contributed by atoms with van der Waals surface area (Å²) in [6.45, 7) is 18.7. The molecule has 0 amide bonds. The standard InChI is InChI=1S/C61H60O26/c1-31(2)53(70)78-19-21-80-57(74)45-25-47(43(51(66)67)23-41(45)49(62)63)59(76)86-39(29-84-55(72)33(5)6)27-82-37-15-11-35(12-16-37)61(9,10)36-13-17-38(18-14-36)83-28-40(30-85-56(73)34(7)8)87-60(77)48-26-46(42(50(64)65)24-44(48)52(68)69)58(75)81-22-20-79-54(71)32(3)4/h11-18,23-26,39-40H,1,3,5,7,19-22,27-30H2,2,4,6,8-10H3,(H,62,63)(H,64,65)(H,66,67)(H,68,69). The summed E-state index contributed by atoms with van der Waals surface area (Å²) < 4.78 is 53.1. The van der Waals surface area contributed by atoms with Crippen molar-refractivity contribution in [1.82, 2.24) is 0 Å². The number of aromatic carboxylic acids is 4. The number of carboxylic acids is 4. The third-order valence-electron chi connectivity index (χ3n) is 12.0. The van der Waals surface area contributed by atoms with Crippen molar-refractivity contribution < 1.29 is 125 Å². The lowest BCUT2D eigenvalue weighted by Crippen LogP contribution is -2.32. The summed E-state index contributed by atoms with van der Waals surface area (Å²) in [5.41, 5.74) is -5.75. The van der Waals surface area contributed by atoms with E-state index < -0.39 is 187 Å². The molecule has 4 aromatic carbocycles. The van der Waals surface area contributed by atoms with Crippen LogP contribution in [-0.2, 0) is 62.5 Å². The molecule has 0 saturated heterocycles. The second kappa shape index (κ2) is 31.1.